The molecule has 92 valence electrons. The number of carboxylic acid groups (broad SMARTS) is 1. The molecule has 0 saturated carbocycles. The highest BCUT2D eigenvalue weighted by molar-refractivity contribution is 5.87. The maximum Gasteiger partial charge on any atom is 0.341 e. The van der Waals surface area contributed by atoms with Crippen LogP contribution in [0.1, 0.15) is 15.9 Å². The molecule has 0 aliphatic rings. The van der Waals surface area contributed by atoms with Gasteiger partial charge in [0.15, 0.2) is 5.75 Å². The molecule has 2 rings (SSSR count). The Morgan fingerprint density at radius 1 is 1.22 bits per heavy atom. The van der Waals surface area contributed by atoms with Crippen LogP contribution in [0.5, 0.6) is 5.75 Å². The van der Waals surface area contributed by atoms with Gasteiger partial charge in [0.05, 0.1) is 0 Å². The molecule has 0 radical (unpaired) electrons. The smallest absolute Gasteiger partial charge is 0.341 e. The molecule has 18 heavy (non-hydrogen) atoms. The summed E-state index contributed by atoms with van der Waals surface area (Å²) in [5.41, 5.74) is -0.0598. The molecule has 1 aromatic carbocycles. The largest absolute Gasteiger partial charge is 0.483 e. The fourth-order valence-electron chi connectivity index (χ4n) is 1.47. The van der Waals surface area contributed by atoms with Gasteiger partial charge >= 0.3 is 5.97 Å². The Bertz CT molecular complexity index is 604. The average molecular weight is 245 g/mol. The quantitative estimate of drug-likeness (QED) is 0.858. The molecule has 0 amide bonds. The summed E-state index contributed by atoms with van der Waals surface area (Å²) >= 11 is 0. The van der Waals surface area contributed by atoms with Crippen LogP contribution in [0, 0.1) is 0 Å². The predicted octanol–water partition coefficient (Wildman–Crippen LogP) is 1.65. The Morgan fingerprint density at radius 2 is 1.94 bits per heavy atom. The van der Waals surface area contributed by atoms with Gasteiger partial charge in [0, 0.05) is 12.4 Å². The SMILES string of the molecule is O=C(O)c1c[nH]cc(OCc2ccccc2)c1=O. The van der Waals surface area contributed by atoms with E-state index in [4.69, 9.17) is 9.84 Å². The second-order valence-corrected chi connectivity index (χ2v) is 3.64. The second kappa shape index (κ2) is 5.18. The van der Waals surface area contributed by atoms with Gasteiger partial charge in [-0.25, -0.2) is 4.79 Å². The maximum atomic E-state index is 11.7. The number of aromatic nitrogens is 1. The molecule has 2 N–H and O–H groups in total. The topological polar surface area (TPSA) is 79.4 Å². The summed E-state index contributed by atoms with van der Waals surface area (Å²) in [6, 6.07) is 9.30. The van der Waals surface area contributed by atoms with Crippen LogP contribution in [0.15, 0.2) is 47.5 Å². The highest BCUT2D eigenvalue weighted by Crippen LogP contribution is 2.07. The zero-order chi connectivity index (χ0) is 13.0. The minimum Gasteiger partial charge on any atom is -0.483 e. The molecule has 0 atom stereocenters. The van der Waals surface area contributed by atoms with E-state index in [1.165, 1.54) is 6.20 Å². The molecule has 1 heterocycles. The first-order valence-electron chi connectivity index (χ1n) is 5.29. The molecule has 5 nitrogen and oxygen atoms in total. The first kappa shape index (κ1) is 11.9. The van der Waals surface area contributed by atoms with Gasteiger partial charge in [0.25, 0.3) is 0 Å². The second-order valence-electron chi connectivity index (χ2n) is 3.64. The minimum absolute atomic E-state index is 0.00115. The number of benzene rings is 1. The summed E-state index contributed by atoms with van der Waals surface area (Å²) in [5.74, 6) is -1.28. The number of rotatable bonds is 4. The fraction of sp³-hybridized carbons (Fsp3) is 0.0769. The van der Waals surface area contributed by atoms with Crippen molar-refractivity contribution in [3.8, 4) is 5.75 Å². The van der Waals surface area contributed by atoms with E-state index in [0.717, 1.165) is 11.8 Å². The number of hydrogen-bond donors (Lipinski definition) is 2. The molecule has 1 aromatic heterocycles. The zero-order valence-electron chi connectivity index (χ0n) is 9.42. The van der Waals surface area contributed by atoms with E-state index in [2.05, 4.69) is 4.98 Å². The van der Waals surface area contributed by atoms with Crippen molar-refractivity contribution in [1.82, 2.24) is 4.98 Å². The van der Waals surface area contributed by atoms with Gasteiger partial charge in [-0.15, -0.1) is 0 Å². The monoisotopic (exact) mass is 245 g/mol. The molecule has 0 aliphatic carbocycles. The van der Waals surface area contributed by atoms with Crippen LogP contribution in [-0.4, -0.2) is 16.1 Å². The summed E-state index contributed by atoms with van der Waals surface area (Å²) in [5, 5.41) is 8.80. The van der Waals surface area contributed by atoms with E-state index in [-0.39, 0.29) is 17.9 Å². The normalized spacial score (nSPS) is 10.0. The summed E-state index contributed by atoms with van der Waals surface area (Å²) < 4.78 is 5.31. The Hall–Kier alpha value is -2.56. The lowest BCUT2D eigenvalue weighted by Gasteiger charge is -2.05. The van der Waals surface area contributed by atoms with E-state index in [1.54, 1.807) is 0 Å². The number of hydrogen-bond acceptors (Lipinski definition) is 3. The van der Waals surface area contributed by atoms with E-state index >= 15 is 0 Å². The van der Waals surface area contributed by atoms with E-state index in [0.29, 0.717) is 0 Å². The molecule has 5 heteroatoms. The van der Waals surface area contributed by atoms with Crippen LogP contribution < -0.4 is 10.2 Å². The van der Waals surface area contributed by atoms with Crippen LogP contribution >= 0.6 is 0 Å². The molecule has 0 aliphatic heterocycles. The molecule has 2 aromatic rings. The lowest BCUT2D eigenvalue weighted by Crippen LogP contribution is -2.17. The highest BCUT2D eigenvalue weighted by atomic mass is 16.5. The Morgan fingerprint density at radius 3 is 2.61 bits per heavy atom. The number of aromatic amines is 1. The third-order valence-corrected chi connectivity index (χ3v) is 2.38. The van der Waals surface area contributed by atoms with Crippen LogP contribution in [0.2, 0.25) is 0 Å². The van der Waals surface area contributed by atoms with E-state index < -0.39 is 11.4 Å². The first-order chi connectivity index (χ1) is 8.68. The third-order valence-electron chi connectivity index (χ3n) is 2.38. The molecule has 0 unspecified atom stereocenters. The number of H-pyrrole nitrogens is 1. The fourth-order valence-corrected chi connectivity index (χ4v) is 1.47. The Balaban J connectivity index is 2.18. The van der Waals surface area contributed by atoms with E-state index in [1.807, 2.05) is 30.3 Å². The standard InChI is InChI=1S/C13H11NO4/c15-12-10(13(16)17)6-14-7-11(12)18-8-9-4-2-1-3-5-9/h1-7H,8H2,(H,14,15)(H,16,17). The lowest BCUT2D eigenvalue weighted by molar-refractivity contribution is 0.0694. The van der Waals surface area contributed by atoms with Crippen molar-refractivity contribution in [3.63, 3.8) is 0 Å². The van der Waals surface area contributed by atoms with Gasteiger partial charge in [-0.3, -0.25) is 4.79 Å². The van der Waals surface area contributed by atoms with Crippen molar-refractivity contribution < 1.29 is 14.6 Å². The Kier molecular flexibility index (Phi) is 3.43. The minimum atomic E-state index is -1.28. The highest BCUT2D eigenvalue weighted by Gasteiger charge is 2.12. The lowest BCUT2D eigenvalue weighted by atomic mass is 10.2. The molecule has 0 bridgehead atoms. The zero-order valence-corrected chi connectivity index (χ0v) is 9.42. The molecule has 0 fully saturated rings. The molecule has 0 saturated heterocycles. The number of nitrogens with one attached hydrogen (secondary N) is 1. The van der Waals surface area contributed by atoms with Gasteiger partial charge in [0.1, 0.15) is 12.2 Å². The van der Waals surface area contributed by atoms with Crippen LogP contribution in [-0.2, 0) is 6.61 Å². The molecular weight excluding hydrogens is 234 g/mol. The van der Waals surface area contributed by atoms with Crippen molar-refractivity contribution >= 4 is 5.97 Å². The number of pyridine rings is 1. The van der Waals surface area contributed by atoms with E-state index in [9.17, 15) is 9.59 Å². The number of carbonyl (C=O) groups is 1. The van der Waals surface area contributed by atoms with Crippen LogP contribution in [0.3, 0.4) is 0 Å². The third kappa shape index (κ3) is 2.57. The predicted molar refractivity (Wildman–Crippen MR) is 64.8 cm³/mol. The van der Waals surface area contributed by atoms with Gasteiger partial charge in [-0.1, -0.05) is 30.3 Å². The molecular formula is C13H11NO4. The van der Waals surface area contributed by atoms with Crippen molar-refractivity contribution in [2.75, 3.05) is 0 Å². The Labute approximate surface area is 103 Å². The van der Waals surface area contributed by atoms with Crippen molar-refractivity contribution in [2.24, 2.45) is 0 Å². The van der Waals surface area contributed by atoms with Crippen LogP contribution in [0.25, 0.3) is 0 Å². The maximum absolute atomic E-state index is 11.7. The van der Waals surface area contributed by atoms with Crippen LogP contribution in [0.4, 0.5) is 0 Å². The molecule has 0 spiro atoms. The van der Waals surface area contributed by atoms with Gasteiger partial charge in [-0.05, 0) is 5.56 Å². The van der Waals surface area contributed by atoms with Crippen molar-refractivity contribution in [2.45, 2.75) is 6.61 Å². The number of carboxylic acids is 1. The first-order valence-corrected chi connectivity index (χ1v) is 5.29. The van der Waals surface area contributed by atoms with Gasteiger partial charge < -0.3 is 14.8 Å². The van der Waals surface area contributed by atoms with Gasteiger partial charge in [-0.2, -0.15) is 0 Å². The number of aromatic carboxylic acids is 1. The number of ether oxygens (including phenoxy) is 1. The summed E-state index contributed by atoms with van der Waals surface area (Å²) in [6.07, 6.45) is 2.48. The summed E-state index contributed by atoms with van der Waals surface area (Å²) in [7, 11) is 0. The summed E-state index contributed by atoms with van der Waals surface area (Å²) in [6.45, 7) is 0.215. The van der Waals surface area contributed by atoms with Gasteiger partial charge in [0.2, 0.25) is 5.43 Å². The van der Waals surface area contributed by atoms with Crippen molar-refractivity contribution in [3.05, 3.63) is 64.1 Å². The average Bonchev–Trinajstić information content (AvgIpc) is 2.38. The summed E-state index contributed by atoms with van der Waals surface area (Å²) in [4.78, 5) is 25.1. The van der Waals surface area contributed by atoms with Crippen molar-refractivity contribution in [1.29, 1.82) is 0 Å².